The van der Waals surface area contributed by atoms with Crippen LogP contribution in [0.4, 0.5) is 0 Å². The van der Waals surface area contributed by atoms with Gasteiger partial charge < -0.3 is 64.5 Å². The minimum absolute atomic E-state index is 0.00747. The molecule has 1 fully saturated rings. The van der Waals surface area contributed by atoms with Gasteiger partial charge in [0, 0.05) is 54.3 Å². The maximum atomic E-state index is 14.8. The van der Waals surface area contributed by atoms with Crippen molar-refractivity contribution in [3.63, 3.8) is 0 Å². The van der Waals surface area contributed by atoms with Crippen molar-refractivity contribution in [2.45, 2.75) is 106 Å². The van der Waals surface area contributed by atoms with Gasteiger partial charge in [-0.3, -0.25) is 38.4 Å². The predicted octanol–water partition coefficient (Wildman–Crippen LogP) is 0.550. The third kappa shape index (κ3) is 17.4. The highest BCUT2D eigenvalue weighted by molar-refractivity contribution is 8.76. The number of nitrogens with two attached hydrogens (primary N) is 3. The number of H-pyrrole nitrogens is 1. The minimum atomic E-state index is -1.67. The molecule has 15 N–H and O–H groups in total. The molecule has 0 radical (unpaired) electrons. The van der Waals surface area contributed by atoms with Crippen LogP contribution in [0.25, 0.3) is 10.9 Å². The summed E-state index contributed by atoms with van der Waals surface area (Å²) in [4.78, 5) is 117. The summed E-state index contributed by atoms with van der Waals surface area (Å²) in [5, 5.41) is 30.9. The maximum Gasteiger partial charge on any atom is 0.245 e. The molecule has 2 heterocycles. The van der Waals surface area contributed by atoms with Crippen LogP contribution in [0.15, 0.2) is 121 Å². The first-order valence-corrected chi connectivity index (χ1v) is 27.6. The SMILES string of the molecule is CC(O)C1NC(=O)C(CCCCN)NC(=O)C(Cc2c[nH]c3ccccc23)NC(=O)C(Cc2ccccc2)NC(=O)C(Cc2ccccc2)NC(=O)C(N)CSSCC(C(N)=O)NC(=O)C(Cc2ccccc2)NC1=O. The number of fused-ring (bicyclic) bond motifs is 1. The van der Waals surface area contributed by atoms with E-state index < -0.39 is 102 Å². The van der Waals surface area contributed by atoms with E-state index in [0.717, 1.165) is 32.5 Å². The molecule has 6 rings (SSSR count). The molecule has 9 atom stereocenters. The number of benzene rings is 4. The third-order valence-electron chi connectivity index (χ3n) is 12.7. The van der Waals surface area contributed by atoms with Gasteiger partial charge in [0.05, 0.1) is 12.1 Å². The normalized spacial score (nSPS) is 23.7. The number of aromatic nitrogens is 1. The summed E-state index contributed by atoms with van der Waals surface area (Å²) in [5.41, 5.74) is 21.4. The van der Waals surface area contributed by atoms with E-state index in [-0.39, 0.29) is 50.2 Å². The Kier molecular flexibility index (Phi) is 22.3. The lowest BCUT2D eigenvalue weighted by atomic mass is 10.00. The van der Waals surface area contributed by atoms with Gasteiger partial charge in [-0.25, -0.2) is 0 Å². The smallest absolute Gasteiger partial charge is 0.245 e. The van der Waals surface area contributed by atoms with Gasteiger partial charge in [-0.05, 0) is 61.1 Å². The van der Waals surface area contributed by atoms with Crippen molar-refractivity contribution >= 4 is 79.7 Å². The third-order valence-corrected chi connectivity index (χ3v) is 15.1. The molecule has 9 unspecified atom stereocenters. The van der Waals surface area contributed by atoms with Gasteiger partial charge in [-0.1, -0.05) is 131 Å². The van der Waals surface area contributed by atoms with Crippen LogP contribution in [0.2, 0.25) is 0 Å². The van der Waals surface area contributed by atoms with Gasteiger partial charge in [-0.2, -0.15) is 0 Å². The lowest BCUT2D eigenvalue weighted by molar-refractivity contribution is -0.137. The van der Waals surface area contributed by atoms with Crippen LogP contribution in [0, 0.1) is 0 Å². The van der Waals surface area contributed by atoms with Crippen molar-refractivity contribution in [3.8, 4) is 0 Å². The zero-order valence-corrected chi connectivity index (χ0v) is 43.7. The Morgan fingerprint density at radius 2 is 0.987 bits per heavy atom. The van der Waals surface area contributed by atoms with E-state index in [1.54, 1.807) is 97.2 Å². The zero-order chi connectivity index (χ0) is 54.6. The van der Waals surface area contributed by atoms with Gasteiger partial charge in [0.2, 0.25) is 47.3 Å². The van der Waals surface area contributed by atoms with Crippen molar-refractivity contribution in [3.05, 3.63) is 144 Å². The molecule has 20 nitrogen and oxygen atoms in total. The van der Waals surface area contributed by atoms with Gasteiger partial charge in [0.15, 0.2) is 0 Å². The minimum Gasteiger partial charge on any atom is -0.391 e. The summed E-state index contributed by atoms with van der Waals surface area (Å²) < 4.78 is 0. The summed E-state index contributed by atoms with van der Waals surface area (Å²) in [6.07, 6.45) is 0.790. The first-order valence-electron chi connectivity index (χ1n) is 25.1. The molecule has 1 aliphatic rings. The largest absolute Gasteiger partial charge is 0.391 e. The second-order valence-electron chi connectivity index (χ2n) is 18.6. The van der Waals surface area contributed by atoms with E-state index in [9.17, 15) is 43.5 Å². The monoisotopic (exact) mass is 1080 g/mol. The number of carbonyl (C=O) groups is 8. The quantitative estimate of drug-likeness (QED) is 0.0535. The predicted molar refractivity (Wildman–Crippen MR) is 293 cm³/mol. The Morgan fingerprint density at radius 1 is 0.553 bits per heavy atom. The molecule has 5 aromatic rings. The number of hydrogen-bond donors (Lipinski definition) is 12. The number of carbonyl (C=O) groups excluding carboxylic acids is 8. The molecule has 76 heavy (non-hydrogen) atoms. The molecule has 404 valence electrons. The van der Waals surface area contributed by atoms with Crippen molar-refractivity contribution in [2.75, 3.05) is 18.1 Å². The summed E-state index contributed by atoms with van der Waals surface area (Å²) in [6.45, 7) is 1.53. The molecule has 8 amide bonds. The fourth-order valence-electron chi connectivity index (χ4n) is 8.47. The topological polar surface area (TPSA) is 335 Å². The van der Waals surface area contributed by atoms with Crippen LogP contribution in [0.3, 0.4) is 0 Å². The second kappa shape index (κ2) is 29.2. The van der Waals surface area contributed by atoms with E-state index in [1.165, 1.54) is 6.92 Å². The van der Waals surface area contributed by atoms with Gasteiger partial charge in [0.1, 0.15) is 42.3 Å². The number of primary amides is 1. The number of aromatic amines is 1. The van der Waals surface area contributed by atoms with Crippen LogP contribution in [0.5, 0.6) is 0 Å². The van der Waals surface area contributed by atoms with Crippen LogP contribution in [-0.2, 0) is 64.0 Å². The lowest BCUT2D eigenvalue weighted by Gasteiger charge is -2.29. The van der Waals surface area contributed by atoms with E-state index in [1.807, 2.05) is 24.3 Å². The fourth-order valence-corrected chi connectivity index (χ4v) is 10.8. The molecule has 0 bridgehead atoms. The Balaban J connectivity index is 1.39. The van der Waals surface area contributed by atoms with Crippen LogP contribution >= 0.6 is 21.6 Å². The molecule has 1 saturated heterocycles. The first kappa shape index (κ1) is 58.0. The maximum absolute atomic E-state index is 14.8. The van der Waals surface area contributed by atoms with Gasteiger partial charge in [0.25, 0.3) is 0 Å². The highest BCUT2D eigenvalue weighted by Crippen LogP contribution is 2.23. The number of nitrogens with one attached hydrogen (secondary N) is 8. The first-order chi connectivity index (χ1) is 36.6. The fraction of sp³-hybridized carbons (Fsp3) is 0.370. The van der Waals surface area contributed by atoms with Crippen LogP contribution in [-0.4, -0.2) is 130 Å². The van der Waals surface area contributed by atoms with E-state index in [2.05, 4.69) is 42.2 Å². The molecule has 0 spiro atoms. The molecule has 1 aromatic heterocycles. The number of hydrogen-bond acceptors (Lipinski definition) is 13. The second-order valence-corrected chi connectivity index (χ2v) is 21.1. The number of rotatable bonds is 14. The highest BCUT2D eigenvalue weighted by Gasteiger charge is 2.36. The lowest BCUT2D eigenvalue weighted by Crippen LogP contribution is -2.62. The van der Waals surface area contributed by atoms with Crippen molar-refractivity contribution in [1.82, 2.24) is 42.2 Å². The zero-order valence-electron chi connectivity index (χ0n) is 42.1. The highest BCUT2D eigenvalue weighted by atomic mass is 33.1. The number of aliphatic hydroxyl groups excluding tert-OH is 1. The van der Waals surface area contributed by atoms with Crippen LogP contribution in [0.1, 0.15) is 48.4 Å². The molecular weight excluding hydrogens is 1010 g/mol. The number of aliphatic hydroxyl groups is 1. The van der Waals surface area contributed by atoms with E-state index in [0.29, 0.717) is 35.1 Å². The number of para-hydroxylation sites is 1. The number of amides is 8. The van der Waals surface area contributed by atoms with Gasteiger partial charge in [-0.15, -0.1) is 0 Å². The molecule has 0 aliphatic carbocycles. The Bertz CT molecular complexity index is 2750. The molecule has 22 heteroatoms. The average Bonchev–Trinajstić information content (AvgIpc) is 3.82. The molecule has 0 saturated carbocycles. The molecular formula is C54H67N11O9S2. The summed E-state index contributed by atoms with van der Waals surface area (Å²) in [6, 6.07) is 23.1. The standard InChI is InChI=1S/C54H67N11O9S2/c1-32(66)46-54(74)63-43(27-35-19-9-4-10-20-35)52(72)64-45(47(57)67)31-76-75-30-38(56)48(68)60-41(25-33-15-5-2-6-16-33)50(70)61-42(26-34-17-7-3-8-18-34)51(71)62-44(28-36-29-58-39-22-12-11-21-37(36)39)53(73)59-40(49(69)65-46)23-13-14-24-55/h2-12,15-22,29,32,38,40-46,58,66H,13-14,23-28,30-31,55-56H2,1H3,(H2,57,67)(H,59,73)(H,60,68)(H,61,70)(H,62,71)(H,63,74)(H,64,72)(H,65,69). The Morgan fingerprint density at radius 3 is 1.50 bits per heavy atom. The van der Waals surface area contributed by atoms with Crippen LogP contribution < -0.4 is 54.4 Å². The molecule has 4 aromatic carbocycles. The number of unbranched alkanes of at least 4 members (excludes halogenated alkanes) is 1. The average molecular weight is 1080 g/mol. The van der Waals surface area contributed by atoms with E-state index >= 15 is 0 Å². The molecule has 1 aliphatic heterocycles. The van der Waals surface area contributed by atoms with Crippen molar-refractivity contribution < 1.29 is 43.5 Å². The van der Waals surface area contributed by atoms with Gasteiger partial charge >= 0.3 is 0 Å². The summed E-state index contributed by atoms with van der Waals surface area (Å²) in [5.74, 6) is -6.57. The Labute approximate surface area is 448 Å². The van der Waals surface area contributed by atoms with E-state index in [4.69, 9.17) is 17.2 Å². The van der Waals surface area contributed by atoms with Crippen molar-refractivity contribution in [1.29, 1.82) is 0 Å². The summed E-state index contributed by atoms with van der Waals surface area (Å²) in [7, 11) is 2.21. The summed E-state index contributed by atoms with van der Waals surface area (Å²) >= 11 is 0. The van der Waals surface area contributed by atoms with Crippen molar-refractivity contribution in [2.24, 2.45) is 17.2 Å². The Hall–Kier alpha value is -7.24.